The number of nitrogens with two attached hydrogens (primary N) is 1. The van der Waals surface area contributed by atoms with Crippen molar-refractivity contribution in [2.24, 2.45) is 23.7 Å². The molecule has 78 heavy (non-hydrogen) atoms. The first-order valence-electron chi connectivity index (χ1n) is 27.0. The van der Waals surface area contributed by atoms with E-state index in [1.807, 2.05) is 32.3 Å². The van der Waals surface area contributed by atoms with Gasteiger partial charge in [-0.05, 0) is 133 Å². The Balaban J connectivity index is 0.000000239. The lowest BCUT2D eigenvalue weighted by molar-refractivity contribution is -0.191. The maximum atomic E-state index is 11.2. The van der Waals surface area contributed by atoms with E-state index < -0.39 is 0 Å². The summed E-state index contributed by atoms with van der Waals surface area (Å²) in [5.74, 6) is 4.18. The molecule has 0 saturated heterocycles. The standard InChI is InChI=1S/C10H9Cl2N3.C10H11N3O2.C7H11N3.C7H9NO.C6H9N.C6H12O2.C5H9Br.C3H6O2.CO2/c11-8-4-9(12)15-10(14-8)7(5-13-15)6-2-1-3-6;14-8-4-9(15)13-10(12-8)7(5-11-13)6-2-1-3-6;8-7-6(4-9-10-7)5-2-1-3-5;8-4-7(5-9)6-2-1-3-6;7-5-4-6-2-1-3-6;1-3-5-6(7)8-4-2;6-4-5-2-1-3-5;1-2-5-3-4;2-1-3/h4-6H,1-3H2;4-6,15H,1-3H2,(H,12,14);4-5H,1-3H2,(H3,8,9,10);5-7H,1-3H2;6H,1-4H2;3-5H2,1-2H3;5H,1-4H2;3H,2H2,1H3;. The maximum Gasteiger partial charge on any atom is 0.373 e. The van der Waals surface area contributed by atoms with Gasteiger partial charge >= 0.3 is 12.1 Å². The number of H-pyrrole nitrogens is 2. The zero-order valence-electron chi connectivity index (χ0n) is 45.1. The van der Waals surface area contributed by atoms with Gasteiger partial charge in [-0.1, -0.05) is 84.6 Å². The normalized spacial score (nSPS) is 16.5. The van der Waals surface area contributed by atoms with Crippen LogP contribution in [0.3, 0.4) is 0 Å². The predicted octanol–water partition coefficient (Wildman–Crippen LogP) is 11.5. The smallest absolute Gasteiger partial charge is 0.373 e. The second-order valence-electron chi connectivity index (χ2n) is 19.5. The number of fused-ring (bicyclic) bond motifs is 2. The molecule has 0 aliphatic heterocycles. The number of rotatable bonds is 12. The number of nitrogens with one attached hydrogen (secondary N) is 2. The number of carbonyl (C=O) groups is 3. The number of nitrogen functional groups attached to an aromatic ring is 1. The number of alkyl halides is 1. The zero-order chi connectivity index (χ0) is 57.2. The molecule has 5 heterocycles. The molecule has 5 aromatic rings. The molecule has 1 atom stereocenters. The Morgan fingerprint density at radius 3 is 1.76 bits per heavy atom. The Kier molecular flexibility index (Phi) is 31.9. The van der Waals surface area contributed by atoms with Gasteiger partial charge in [0, 0.05) is 40.9 Å². The Bertz CT molecular complexity index is 2710. The minimum absolute atomic E-state index is 0.0880. The molecular formula is C55H76BrCl2N11O9. The van der Waals surface area contributed by atoms with Crippen molar-refractivity contribution in [1.29, 1.82) is 10.5 Å². The summed E-state index contributed by atoms with van der Waals surface area (Å²) in [5, 5.41) is 43.1. The van der Waals surface area contributed by atoms with E-state index in [0.29, 0.717) is 65.7 Å². The molecule has 0 bridgehead atoms. The van der Waals surface area contributed by atoms with E-state index >= 15 is 0 Å². The minimum atomic E-state index is -0.321. The molecule has 5 N–H and O–H groups in total. The van der Waals surface area contributed by atoms with Gasteiger partial charge in [-0.3, -0.25) is 19.5 Å². The summed E-state index contributed by atoms with van der Waals surface area (Å²) in [6.45, 7) is 6.93. The van der Waals surface area contributed by atoms with Crippen LogP contribution in [0.4, 0.5) is 5.82 Å². The maximum absolute atomic E-state index is 11.2. The summed E-state index contributed by atoms with van der Waals surface area (Å²) >= 11 is 15.3. The van der Waals surface area contributed by atoms with Crippen LogP contribution in [-0.4, -0.2) is 87.9 Å². The highest BCUT2D eigenvalue weighted by molar-refractivity contribution is 9.09. The highest BCUT2D eigenvalue weighted by atomic mass is 79.9. The van der Waals surface area contributed by atoms with Gasteiger partial charge in [-0.25, -0.2) is 9.50 Å². The molecular weight excluding hydrogens is 1110 g/mol. The Labute approximate surface area is 474 Å². The topological polar surface area (TPSA) is 307 Å². The van der Waals surface area contributed by atoms with E-state index in [-0.39, 0.29) is 29.5 Å². The number of nitriles is 2. The van der Waals surface area contributed by atoms with Crippen molar-refractivity contribution >= 4 is 81.1 Å². The fraction of sp³-hybridized carbons (Fsp3) is 0.618. The average molecular weight is 1190 g/mol. The van der Waals surface area contributed by atoms with E-state index in [1.165, 1.54) is 111 Å². The van der Waals surface area contributed by atoms with Crippen LogP contribution < -0.4 is 11.3 Å². The predicted molar refractivity (Wildman–Crippen MR) is 299 cm³/mol. The van der Waals surface area contributed by atoms with Crippen LogP contribution in [0.25, 0.3) is 11.3 Å². The van der Waals surface area contributed by atoms with Crippen molar-refractivity contribution in [1.82, 2.24) is 39.4 Å². The summed E-state index contributed by atoms with van der Waals surface area (Å²) in [6, 6.07) is 6.89. The summed E-state index contributed by atoms with van der Waals surface area (Å²) in [5.41, 5.74) is 10.2. The van der Waals surface area contributed by atoms with Crippen LogP contribution in [0.5, 0.6) is 5.88 Å². The largest absolute Gasteiger partial charge is 0.493 e. The Morgan fingerprint density at radius 1 is 0.833 bits per heavy atom. The second kappa shape index (κ2) is 37.7. The van der Waals surface area contributed by atoms with Gasteiger partial charge < -0.3 is 30.1 Å². The quantitative estimate of drug-likeness (QED) is 0.0390. The summed E-state index contributed by atoms with van der Waals surface area (Å²) in [6.07, 6.45) is 31.5. The van der Waals surface area contributed by atoms with Crippen molar-refractivity contribution in [2.75, 3.05) is 24.3 Å². The van der Waals surface area contributed by atoms with Gasteiger partial charge in [-0.15, -0.1) is 0 Å². The van der Waals surface area contributed by atoms with Crippen LogP contribution in [-0.2, 0) is 33.4 Å². The summed E-state index contributed by atoms with van der Waals surface area (Å²) < 4.78 is 11.8. The van der Waals surface area contributed by atoms with Crippen molar-refractivity contribution in [2.45, 2.75) is 173 Å². The van der Waals surface area contributed by atoms with Crippen LogP contribution in [0.1, 0.15) is 190 Å². The molecule has 5 aromatic heterocycles. The van der Waals surface area contributed by atoms with Crippen molar-refractivity contribution in [3.05, 3.63) is 68.1 Å². The molecule has 0 spiro atoms. The third-order valence-electron chi connectivity index (χ3n) is 14.3. The number of hydrogen-bond acceptors (Lipinski definition) is 16. The lowest BCUT2D eigenvalue weighted by Gasteiger charge is -2.25. The van der Waals surface area contributed by atoms with Gasteiger partial charge in [0.1, 0.15) is 34.0 Å². The number of carbonyl (C=O) groups excluding carboxylic acids is 5. The number of aromatic hydroxyl groups is 1. The molecule has 426 valence electrons. The monoisotopic (exact) mass is 1180 g/mol. The Morgan fingerprint density at radius 2 is 1.38 bits per heavy atom. The molecule has 6 fully saturated rings. The minimum Gasteiger partial charge on any atom is -0.493 e. The number of anilines is 1. The van der Waals surface area contributed by atoms with Gasteiger partial charge in [0.15, 0.2) is 5.65 Å². The SMILES string of the molecule is BrCC1CCC1.CCCC(=O)OCC.CCOC=O.Clc1cc(Cl)n2ncc(C3CCC3)c2n1.N#CC(C=O)C1CCC1.N#CCC1CCC1.Nc1[nH]ncc1C1CCC1.O=C=O.O=c1cc(O)n2ncc(C3CCC3)c2[nH]1. The highest BCUT2D eigenvalue weighted by Crippen LogP contribution is 2.40. The number of ether oxygens (including phenoxy) is 2. The van der Waals surface area contributed by atoms with Crippen LogP contribution in [0, 0.1) is 46.3 Å². The fourth-order valence-corrected chi connectivity index (χ4v) is 9.42. The van der Waals surface area contributed by atoms with E-state index in [9.17, 15) is 24.3 Å². The molecule has 0 radical (unpaired) electrons. The number of halogens is 3. The van der Waals surface area contributed by atoms with Crippen LogP contribution in [0.15, 0.2) is 35.5 Å². The lowest BCUT2D eigenvalue weighted by atomic mass is 9.77. The van der Waals surface area contributed by atoms with Gasteiger partial charge in [0.25, 0.3) is 12.0 Å². The summed E-state index contributed by atoms with van der Waals surface area (Å²) in [7, 11) is 0. The lowest BCUT2D eigenvalue weighted by Crippen LogP contribution is -2.21. The van der Waals surface area contributed by atoms with E-state index in [4.69, 9.17) is 49.0 Å². The first-order chi connectivity index (χ1) is 37.8. The van der Waals surface area contributed by atoms with Crippen LogP contribution in [0.2, 0.25) is 10.3 Å². The molecule has 20 nitrogen and oxygen atoms in total. The number of esters is 1. The first-order valence-corrected chi connectivity index (χ1v) is 28.9. The van der Waals surface area contributed by atoms with Crippen molar-refractivity contribution in [3.63, 3.8) is 0 Å². The number of aromatic nitrogens is 8. The second-order valence-corrected chi connectivity index (χ2v) is 20.9. The molecule has 0 aromatic carbocycles. The number of nitrogens with zero attached hydrogens (tertiary/aromatic N) is 8. The third kappa shape index (κ3) is 22.0. The van der Waals surface area contributed by atoms with Gasteiger partial charge in [-0.2, -0.15) is 39.9 Å². The number of aromatic amines is 2. The molecule has 11 rings (SSSR count). The highest BCUT2D eigenvalue weighted by Gasteiger charge is 2.27. The molecule has 6 aliphatic rings. The van der Waals surface area contributed by atoms with Crippen molar-refractivity contribution in [3.8, 4) is 18.0 Å². The van der Waals surface area contributed by atoms with Gasteiger partial charge in [0.05, 0.1) is 50.0 Å². The number of aldehydes is 1. The average Bonchev–Trinajstić information content (AvgIpc) is 4.05. The Hall–Kier alpha value is -6.12. The molecule has 6 aliphatic carbocycles. The zero-order valence-corrected chi connectivity index (χ0v) is 48.2. The van der Waals surface area contributed by atoms with E-state index in [1.54, 1.807) is 23.7 Å². The molecule has 6 saturated carbocycles. The third-order valence-corrected chi connectivity index (χ3v) is 15.6. The molecule has 0 amide bonds. The van der Waals surface area contributed by atoms with E-state index in [0.717, 1.165) is 79.7 Å². The summed E-state index contributed by atoms with van der Waals surface area (Å²) in [4.78, 5) is 64.2. The molecule has 23 heteroatoms. The van der Waals surface area contributed by atoms with Gasteiger partial charge in [0.2, 0.25) is 5.88 Å². The first kappa shape index (κ1) is 66.2. The van der Waals surface area contributed by atoms with Crippen LogP contribution >= 0.6 is 39.1 Å². The number of hydrogen-bond donors (Lipinski definition) is 4. The molecule has 1 unspecified atom stereocenters. The van der Waals surface area contributed by atoms with Crippen molar-refractivity contribution < 1.29 is 38.6 Å². The fourth-order valence-electron chi connectivity index (χ4n) is 8.31. The van der Waals surface area contributed by atoms with E-state index in [2.05, 4.69) is 61.8 Å².